The van der Waals surface area contributed by atoms with Gasteiger partial charge >= 0.3 is 0 Å². The lowest BCUT2D eigenvalue weighted by Gasteiger charge is -2.02. The zero-order valence-electron chi connectivity index (χ0n) is 6.05. The van der Waals surface area contributed by atoms with Crippen LogP contribution in [0.4, 0.5) is 8.78 Å². The average Bonchev–Trinajstić information content (AvgIpc) is 2.01. The highest BCUT2D eigenvalue weighted by molar-refractivity contribution is 5.32. The maximum absolute atomic E-state index is 12.5. The van der Waals surface area contributed by atoms with Crippen molar-refractivity contribution in [3.63, 3.8) is 0 Å². The third-order valence-electron chi connectivity index (χ3n) is 1.36. The second-order valence-electron chi connectivity index (χ2n) is 2.21. The van der Waals surface area contributed by atoms with Gasteiger partial charge in [-0.15, -0.1) is 0 Å². The minimum Gasteiger partial charge on any atom is -0.507 e. The van der Waals surface area contributed by atoms with E-state index in [1.165, 1.54) is 0 Å². The van der Waals surface area contributed by atoms with Crippen molar-refractivity contribution in [1.82, 2.24) is 0 Å². The third-order valence-corrected chi connectivity index (χ3v) is 1.36. The summed E-state index contributed by atoms with van der Waals surface area (Å²) in [4.78, 5) is 4.15. The molecule has 0 aliphatic heterocycles. The minimum atomic E-state index is -1.10. The largest absolute Gasteiger partial charge is 0.507 e. The van der Waals surface area contributed by atoms with Crippen LogP contribution in [0.25, 0.3) is 0 Å². The number of aromatic hydroxyl groups is 1. The summed E-state index contributed by atoms with van der Waals surface area (Å²) < 4.78 is 24.9. The topological polar surface area (TPSA) is 55.5 Å². The minimum absolute atomic E-state index is 0.108. The Hall–Kier alpha value is -1.20. The average molecular weight is 175 g/mol. The van der Waals surface area contributed by atoms with Gasteiger partial charge in [0.2, 0.25) is 0 Å². The molecule has 0 heterocycles. The Labute approximate surface area is 67.3 Å². The third kappa shape index (κ3) is 1.69. The van der Waals surface area contributed by atoms with Crippen molar-refractivity contribution < 1.29 is 18.7 Å². The summed E-state index contributed by atoms with van der Waals surface area (Å²) in [6.45, 7) is -0.164. The van der Waals surface area contributed by atoms with E-state index in [4.69, 9.17) is 11.0 Å². The van der Waals surface area contributed by atoms with Gasteiger partial charge in [-0.05, 0) is 6.07 Å². The lowest BCUT2D eigenvalue weighted by molar-refractivity contribution is 0.122. The van der Waals surface area contributed by atoms with Gasteiger partial charge in [-0.1, -0.05) is 0 Å². The van der Waals surface area contributed by atoms with Crippen LogP contribution >= 0.6 is 0 Å². The van der Waals surface area contributed by atoms with Gasteiger partial charge in [0, 0.05) is 11.6 Å². The van der Waals surface area contributed by atoms with Crippen LogP contribution in [0.1, 0.15) is 5.56 Å². The van der Waals surface area contributed by atoms with E-state index < -0.39 is 11.6 Å². The quantitative estimate of drug-likeness (QED) is 0.661. The van der Waals surface area contributed by atoms with E-state index in [-0.39, 0.29) is 17.9 Å². The Morgan fingerprint density at radius 3 is 2.50 bits per heavy atom. The van der Waals surface area contributed by atoms with E-state index in [2.05, 4.69) is 4.84 Å². The summed E-state index contributed by atoms with van der Waals surface area (Å²) in [5.74, 6) is 2.17. The molecule has 3 nitrogen and oxygen atoms in total. The fourth-order valence-corrected chi connectivity index (χ4v) is 0.783. The number of halogens is 2. The van der Waals surface area contributed by atoms with Gasteiger partial charge in [-0.25, -0.2) is 14.7 Å². The van der Waals surface area contributed by atoms with Gasteiger partial charge in [-0.2, -0.15) is 0 Å². The first-order chi connectivity index (χ1) is 5.65. The predicted octanol–water partition coefficient (Wildman–Crippen LogP) is 1.06. The molecule has 5 heteroatoms. The fourth-order valence-electron chi connectivity index (χ4n) is 0.783. The molecule has 0 aromatic heterocycles. The molecule has 1 aromatic rings. The van der Waals surface area contributed by atoms with E-state index in [1.54, 1.807) is 0 Å². The lowest BCUT2D eigenvalue weighted by atomic mass is 10.2. The fraction of sp³-hybridized carbons (Fsp3) is 0.143. The highest BCUT2D eigenvalue weighted by Crippen LogP contribution is 2.20. The molecule has 1 rings (SSSR count). The van der Waals surface area contributed by atoms with Gasteiger partial charge < -0.3 is 5.11 Å². The van der Waals surface area contributed by atoms with Crippen LogP contribution in [0.15, 0.2) is 12.1 Å². The monoisotopic (exact) mass is 175 g/mol. The summed E-state index contributed by atoms with van der Waals surface area (Å²) >= 11 is 0. The van der Waals surface area contributed by atoms with Crippen LogP contribution in [0.5, 0.6) is 5.75 Å². The highest BCUT2D eigenvalue weighted by Gasteiger charge is 2.08. The molecular weight excluding hydrogens is 168 g/mol. The van der Waals surface area contributed by atoms with Crippen LogP contribution in [0.3, 0.4) is 0 Å². The molecule has 0 aliphatic carbocycles. The molecular formula is C7H7F2NO2. The summed E-state index contributed by atoms with van der Waals surface area (Å²) in [5, 5.41) is 9.00. The molecule has 3 N–H and O–H groups in total. The first-order valence-corrected chi connectivity index (χ1v) is 3.13. The van der Waals surface area contributed by atoms with E-state index in [9.17, 15) is 8.78 Å². The van der Waals surface area contributed by atoms with Crippen LogP contribution in [-0.2, 0) is 11.4 Å². The molecule has 0 bridgehead atoms. The van der Waals surface area contributed by atoms with E-state index in [0.29, 0.717) is 6.07 Å². The molecule has 12 heavy (non-hydrogen) atoms. The van der Waals surface area contributed by atoms with Crippen molar-refractivity contribution in [2.45, 2.75) is 6.61 Å². The zero-order valence-corrected chi connectivity index (χ0v) is 6.05. The number of phenols is 1. The lowest BCUT2D eigenvalue weighted by Crippen LogP contribution is -2.00. The van der Waals surface area contributed by atoms with Gasteiger partial charge in [-0.3, -0.25) is 4.84 Å². The van der Waals surface area contributed by atoms with Crippen molar-refractivity contribution in [3.05, 3.63) is 29.3 Å². The molecule has 0 saturated carbocycles. The van der Waals surface area contributed by atoms with Gasteiger partial charge in [0.05, 0.1) is 6.61 Å². The Kier molecular flexibility index (Phi) is 2.57. The smallest absolute Gasteiger partial charge is 0.162 e. The van der Waals surface area contributed by atoms with Crippen molar-refractivity contribution in [1.29, 1.82) is 0 Å². The van der Waals surface area contributed by atoms with Crippen LogP contribution in [0.2, 0.25) is 0 Å². The first-order valence-electron chi connectivity index (χ1n) is 3.13. The molecule has 0 atom stereocenters. The number of hydrogen-bond donors (Lipinski definition) is 2. The van der Waals surface area contributed by atoms with Crippen molar-refractivity contribution in [2.75, 3.05) is 0 Å². The number of phenolic OH excluding ortho intramolecular Hbond substituents is 1. The zero-order chi connectivity index (χ0) is 9.14. The van der Waals surface area contributed by atoms with Crippen molar-refractivity contribution >= 4 is 0 Å². The Balaban J connectivity index is 3.05. The molecule has 0 unspecified atom stereocenters. The van der Waals surface area contributed by atoms with Crippen molar-refractivity contribution in [2.24, 2.45) is 5.90 Å². The Morgan fingerprint density at radius 2 is 1.92 bits per heavy atom. The van der Waals surface area contributed by atoms with Crippen LogP contribution < -0.4 is 5.90 Å². The van der Waals surface area contributed by atoms with Crippen molar-refractivity contribution in [3.8, 4) is 5.75 Å². The molecule has 0 saturated heterocycles. The number of benzene rings is 1. The summed E-state index contributed by atoms with van der Waals surface area (Å²) in [6.07, 6.45) is 0. The molecule has 0 fully saturated rings. The van der Waals surface area contributed by atoms with E-state index in [0.717, 1.165) is 6.07 Å². The Bertz CT molecular complexity index is 291. The Morgan fingerprint density at radius 1 is 1.33 bits per heavy atom. The standard InChI is InChI=1S/C7H7F2NO2/c8-5-1-4(3-12-10)7(11)2-6(5)9/h1-2,11H,3,10H2. The number of nitrogens with two attached hydrogens (primary N) is 1. The summed E-state index contributed by atoms with van der Waals surface area (Å²) in [6, 6.07) is 1.50. The second kappa shape index (κ2) is 3.46. The molecule has 0 radical (unpaired) electrons. The van der Waals surface area contributed by atoms with Gasteiger partial charge in [0.25, 0.3) is 0 Å². The van der Waals surface area contributed by atoms with Gasteiger partial charge in [0.15, 0.2) is 11.6 Å². The number of hydrogen-bond acceptors (Lipinski definition) is 3. The van der Waals surface area contributed by atoms with Crippen LogP contribution in [0, 0.1) is 11.6 Å². The molecule has 0 spiro atoms. The number of rotatable bonds is 2. The summed E-state index contributed by atoms with van der Waals surface area (Å²) in [7, 11) is 0. The highest BCUT2D eigenvalue weighted by atomic mass is 19.2. The molecule has 0 aliphatic rings. The molecule has 1 aromatic carbocycles. The maximum Gasteiger partial charge on any atom is 0.162 e. The normalized spacial score (nSPS) is 10.2. The van der Waals surface area contributed by atoms with E-state index >= 15 is 0 Å². The molecule has 66 valence electrons. The molecule has 0 amide bonds. The summed E-state index contributed by atoms with van der Waals surface area (Å²) in [5.41, 5.74) is 0.108. The maximum atomic E-state index is 12.5. The first kappa shape index (κ1) is 8.89. The predicted molar refractivity (Wildman–Crippen MR) is 37.0 cm³/mol. The second-order valence-corrected chi connectivity index (χ2v) is 2.21. The SMILES string of the molecule is NOCc1cc(F)c(F)cc1O. The van der Waals surface area contributed by atoms with Crippen LogP contribution in [-0.4, -0.2) is 5.11 Å². The van der Waals surface area contributed by atoms with Gasteiger partial charge in [0.1, 0.15) is 5.75 Å². The van der Waals surface area contributed by atoms with E-state index in [1.807, 2.05) is 0 Å².